The molecule has 45 heavy (non-hydrogen) atoms. The van der Waals surface area contributed by atoms with Gasteiger partial charge in [-0.3, -0.25) is 10.2 Å². The minimum atomic E-state index is -0.388. The van der Waals surface area contributed by atoms with Crippen molar-refractivity contribution in [3.8, 4) is 6.07 Å². The van der Waals surface area contributed by atoms with Gasteiger partial charge in [-0.25, -0.2) is 0 Å². The first-order valence-electron chi connectivity index (χ1n) is 15.4. The highest BCUT2D eigenvalue weighted by Gasteiger charge is 2.47. The Balaban J connectivity index is 1.64. The Bertz CT molecular complexity index is 1820. The zero-order valence-corrected chi connectivity index (χ0v) is 30.4. The molecule has 0 saturated heterocycles. The third-order valence-corrected chi connectivity index (χ3v) is 11.7. The number of fused-ring (bicyclic) bond motifs is 2. The summed E-state index contributed by atoms with van der Waals surface area (Å²) in [5.74, 6) is 2.21. The Morgan fingerprint density at radius 3 is 2.44 bits per heavy atom. The predicted molar refractivity (Wildman–Crippen MR) is 190 cm³/mol. The molecule has 2 aromatic carbocycles. The maximum atomic E-state index is 14.1. The van der Waals surface area contributed by atoms with Crippen LogP contribution in [-0.2, 0) is 15.6 Å². The first-order valence-corrected chi connectivity index (χ1v) is 17.3. The summed E-state index contributed by atoms with van der Waals surface area (Å²) in [7, 11) is 4.27. The van der Waals surface area contributed by atoms with E-state index in [1.165, 1.54) is 11.1 Å². The molecule has 2 aliphatic heterocycles. The number of alkyl halides is 1. The number of ketones is 1. The van der Waals surface area contributed by atoms with Gasteiger partial charge < -0.3 is 9.38 Å². The lowest BCUT2D eigenvalue weighted by molar-refractivity contribution is -0.894. The van der Waals surface area contributed by atoms with E-state index in [-0.39, 0.29) is 22.2 Å². The molecule has 5 rings (SSSR count). The molecule has 1 aliphatic carbocycles. The van der Waals surface area contributed by atoms with E-state index in [1.807, 2.05) is 31.3 Å². The fourth-order valence-corrected chi connectivity index (χ4v) is 7.91. The van der Waals surface area contributed by atoms with Gasteiger partial charge in [-0.05, 0) is 72.4 Å². The lowest BCUT2D eigenvalue weighted by Crippen LogP contribution is -2.44. The molecule has 0 aromatic heterocycles. The van der Waals surface area contributed by atoms with Crippen molar-refractivity contribution >= 4 is 60.6 Å². The van der Waals surface area contributed by atoms with Crippen LogP contribution in [0.15, 0.2) is 87.1 Å². The van der Waals surface area contributed by atoms with E-state index in [0.29, 0.717) is 16.7 Å². The first kappa shape index (κ1) is 33.0. The Kier molecular flexibility index (Phi) is 8.89. The molecular formula is C37H41Br2N5O+2. The van der Waals surface area contributed by atoms with E-state index in [4.69, 9.17) is 5.41 Å². The summed E-state index contributed by atoms with van der Waals surface area (Å²) in [5, 5.41) is 18.0. The van der Waals surface area contributed by atoms with Gasteiger partial charge in [0.25, 0.3) is 0 Å². The lowest BCUT2D eigenvalue weighted by Gasteiger charge is -2.33. The van der Waals surface area contributed by atoms with Gasteiger partial charge in [-0.15, -0.1) is 0 Å². The van der Waals surface area contributed by atoms with Gasteiger partial charge in [0.05, 0.1) is 25.6 Å². The first-order chi connectivity index (χ1) is 21.2. The largest absolute Gasteiger partial charge is 0.344 e. The highest BCUT2D eigenvalue weighted by Crippen LogP contribution is 2.50. The number of anilines is 1. The van der Waals surface area contributed by atoms with Gasteiger partial charge in [0.15, 0.2) is 11.5 Å². The molecule has 3 aliphatic rings. The molecule has 0 saturated carbocycles. The van der Waals surface area contributed by atoms with Crippen molar-refractivity contribution in [3.05, 3.63) is 98.2 Å². The van der Waals surface area contributed by atoms with E-state index in [2.05, 4.69) is 125 Å². The second kappa shape index (κ2) is 12.1. The summed E-state index contributed by atoms with van der Waals surface area (Å²) in [6.07, 6.45) is 4.86. The molecule has 1 N–H and O–H groups in total. The second-order valence-corrected chi connectivity index (χ2v) is 14.9. The number of para-hydroxylation sites is 1. The monoisotopic (exact) mass is 729 g/mol. The number of quaternary nitrogens is 1. The number of nitrogens with zero attached hydrogens (tertiary/aromatic N) is 4. The number of nitriles is 1. The van der Waals surface area contributed by atoms with E-state index in [9.17, 15) is 10.1 Å². The van der Waals surface area contributed by atoms with Crippen molar-refractivity contribution in [2.24, 2.45) is 0 Å². The van der Waals surface area contributed by atoms with Crippen LogP contribution in [0, 0.1) is 16.7 Å². The molecule has 2 aromatic rings. The van der Waals surface area contributed by atoms with Gasteiger partial charge in [0.1, 0.15) is 24.1 Å². The Hall–Kier alpha value is -3.34. The van der Waals surface area contributed by atoms with Crippen LogP contribution in [0.1, 0.15) is 52.2 Å². The van der Waals surface area contributed by atoms with Gasteiger partial charge in [-0.2, -0.15) is 9.84 Å². The summed E-state index contributed by atoms with van der Waals surface area (Å²) in [5.41, 5.74) is 8.25. The van der Waals surface area contributed by atoms with Crippen LogP contribution in [0.3, 0.4) is 0 Å². The fourth-order valence-electron chi connectivity index (χ4n) is 6.94. The average Bonchev–Trinajstić information content (AvgIpc) is 3.35. The minimum absolute atomic E-state index is 0.0696. The van der Waals surface area contributed by atoms with Crippen LogP contribution >= 0.6 is 31.9 Å². The van der Waals surface area contributed by atoms with Crippen LogP contribution in [0.5, 0.6) is 0 Å². The fraction of sp³-hybridized carbons (Fsp3) is 0.378. The van der Waals surface area contributed by atoms with Crippen LogP contribution in [-0.4, -0.2) is 65.6 Å². The van der Waals surface area contributed by atoms with E-state index >= 15 is 0 Å². The average molecular weight is 732 g/mol. The highest BCUT2D eigenvalue weighted by atomic mass is 79.9. The Morgan fingerprint density at radius 2 is 1.82 bits per heavy atom. The zero-order chi connectivity index (χ0) is 32.9. The van der Waals surface area contributed by atoms with Gasteiger partial charge in [0.2, 0.25) is 5.69 Å². The second-order valence-electron chi connectivity index (χ2n) is 13.5. The molecule has 0 amide bonds. The quantitative estimate of drug-likeness (QED) is 0.0544. The van der Waals surface area contributed by atoms with Crippen molar-refractivity contribution in [1.82, 2.24) is 0 Å². The summed E-state index contributed by atoms with van der Waals surface area (Å²) in [4.78, 5) is 16.4. The van der Waals surface area contributed by atoms with Crippen molar-refractivity contribution in [2.45, 2.75) is 51.9 Å². The highest BCUT2D eigenvalue weighted by molar-refractivity contribution is 9.10. The number of nitrogens with one attached hydrogen (secondary N) is 1. The lowest BCUT2D eigenvalue weighted by atomic mass is 9.73. The predicted octanol–water partition coefficient (Wildman–Crippen LogP) is 7.85. The molecule has 232 valence electrons. The van der Waals surface area contributed by atoms with Crippen molar-refractivity contribution in [3.63, 3.8) is 0 Å². The maximum absolute atomic E-state index is 14.1. The summed E-state index contributed by atoms with van der Waals surface area (Å²) >= 11 is 7.36. The molecule has 0 spiro atoms. The zero-order valence-electron chi connectivity index (χ0n) is 27.2. The molecule has 0 fully saturated rings. The molecule has 1 atom stereocenters. The number of Topliss-reactive ketones (excluding diaryl/α,β-unsaturated/α-hetero) is 1. The number of hydrogen-bond donors (Lipinski definition) is 1. The van der Waals surface area contributed by atoms with Gasteiger partial charge in [-0.1, -0.05) is 48.0 Å². The summed E-state index contributed by atoms with van der Waals surface area (Å²) < 4.78 is 4.05. The van der Waals surface area contributed by atoms with Crippen LogP contribution in [0.25, 0.3) is 0 Å². The van der Waals surface area contributed by atoms with Crippen molar-refractivity contribution in [2.75, 3.05) is 44.1 Å². The number of carbonyl (C=O) groups is 1. The maximum Gasteiger partial charge on any atom is 0.209 e. The number of halogens is 2. The van der Waals surface area contributed by atoms with Gasteiger partial charge >= 0.3 is 0 Å². The van der Waals surface area contributed by atoms with Crippen molar-refractivity contribution < 1.29 is 13.9 Å². The number of hydrogen-bond acceptors (Lipinski definition) is 4. The SMILES string of the molecule is CC[N+](C)(CBr)CCCN1/C(=C/C2=C(C(=C=N)C#N)C(=C/C3=[N+](C)c4ccccc4C3(C)C)/C2=O)C(C)(C)c2cc(Br)ccc21. The molecule has 0 bridgehead atoms. The molecule has 0 radical (unpaired) electrons. The topological polar surface area (TPSA) is 71.0 Å². The molecule has 2 heterocycles. The van der Waals surface area contributed by atoms with E-state index in [0.717, 1.165) is 63.2 Å². The van der Waals surface area contributed by atoms with Crippen LogP contribution < -0.4 is 4.90 Å². The third-order valence-electron chi connectivity index (χ3n) is 10.0. The Labute approximate surface area is 284 Å². The van der Waals surface area contributed by atoms with E-state index in [1.54, 1.807) is 0 Å². The van der Waals surface area contributed by atoms with Crippen LogP contribution in [0.2, 0.25) is 0 Å². The third kappa shape index (κ3) is 5.44. The molecule has 6 nitrogen and oxygen atoms in total. The van der Waals surface area contributed by atoms with E-state index < -0.39 is 0 Å². The van der Waals surface area contributed by atoms with Crippen LogP contribution in [0.4, 0.5) is 11.4 Å². The molecular weight excluding hydrogens is 690 g/mol. The number of benzene rings is 2. The normalized spacial score (nSPS) is 21.0. The van der Waals surface area contributed by atoms with Crippen molar-refractivity contribution in [1.29, 1.82) is 10.7 Å². The number of allylic oxidation sites excluding steroid dienone is 7. The minimum Gasteiger partial charge on any atom is -0.344 e. The number of carbonyl (C=O) groups excluding carboxylic acids is 1. The van der Waals surface area contributed by atoms with Gasteiger partial charge in [0, 0.05) is 68.7 Å². The Morgan fingerprint density at radius 1 is 1.11 bits per heavy atom. The summed E-state index contributed by atoms with van der Waals surface area (Å²) in [6.45, 7) is 13.7. The molecule has 8 heteroatoms. The standard InChI is InChI=1S/C37H41Br2N5O/c1-8-44(7,23-38)17-11-16-43-31-15-14-25(39)18-29(31)37(4,5)33(43)20-27-34(24(21-40)22-41)26(35(27)45)19-32-36(2,3)28-12-9-10-13-30(28)42(32)6/h9-10,12-15,18-20,40H,8,11,16-17,23H2,1-7H3/q+2. The summed E-state index contributed by atoms with van der Waals surface area (Å²) in [6, 6.07) is 16.8. The molecule has 1 unspecified atom stereocenters. The smallest absolute Gasteiger partial charge is 0.209 e. The number of rotatable bonds is 9.